The van der Waals surface area contributed by atoms with Crippen molar-refractivity contribution in [2.24, 2.45) is 0 Å². The standard InChI is InChI=1S/C23H26N4OS/c1-17-8-9-20(14-18(17)2)24-23-25-21(16-29-23)15-26-10-12-27(13-11-26)22(28)19-6-4-3-5-7-19/h3-9,14,16H,10-13,15H2,1-2H3,(H,24,25). The van der Waals surface area contributed by atoms with Crippen LogP contribution < -0.4 is 5.32 Å². The molecule has 2 heterocycles. The number of rotatable bonds is 5. The zero-order valence-electron chi connectivity index (χ0n) is 16.9. The second kappa shape index (κ2) is 8.76. The van der Waals surface area contributed by atoms with Crippen molar-refractivity contribution in [1.82, 2.24) is 14.8 Å². The van der Waals surface area contributed by atoms with Crippen LogP contribution in [0.25, 0.3) is 0 Å². The van der Waals surface area contributed by atoms with Gasteiger partial charge in [-0.25, -0.2) is 4.98 Å². The van der Waals surface area contributed by atoms with Gasteiger partial charge in [0.25, 0.3) is 5.91 Å². The quantitative estimate of drug-likeness (QED) is 0.680. The molecule has 2 aromatic carbocycles. The molecule has 0 saturated carbocycles. The van der Waals surface area contributed by atoms with E-state index in [1.165, 1.54) is 11.1 Å². The van der Waals surface area contributed by atoms with E-state index < -0.39 is 0 Å². The topological polar surface area (TPSA) is 48.5 Å². The minimum atomic E-state index is 0.124. The molecule has 3 aromatic rings. The van der Waals surface area contributed by atoms with Gasteiger partial charge in [-0.1, -0.05) is 24.3 Å². The number of anilines is 2. The summed E-state index contributed by atoms with van der Waals surface area (Å²) < 4.78 is 0. The van der Waals surface area contributed by atoms with E-state index in [4.69, 9.17) is 4.98 Å². The molecular weight excluding hydrogens is 380 g/mol. The van der Waals surface area contributed by atoms with Crippen molar-refractivity contribution in [2.75, 3.05) is 31.5 Å². The molecule has 0 bridgehead atoms. The van der Waals surface area contributed by atoms with E-state index in [-0.39, 0.29) is 5.91 Å². The SMILES string of the molecule is Cc1ccc(Nc2nc(CN3CCN(C(=O)c4ccccc4)CC3)cs2)cc1C. The third kappa shape index (κ3) is 4.83. The Labute approximate surface area is 176 Å². The number of aryl methyl sites for hydroxylation is 2. The van der Waals surface area contributed by atoms with E-state index in [9.17, 15) is 4.79 Å². The maximum atomic E-state index is 12.6. The summed E-state index contributed by atoms with van der Waals surface area (Å²) in [6, 6.07) is 15.9. The largest absolute Gasteiger partial charge is 0.336 e. The monoisotopic (exact) mass is 406 g/mol. The Morgan fingerprint density at radius 2 is 1.79 bits per heavy atom. The lowest BCUT2D eigenvalue weighted by molar-refractivity contribution is 0.0627. The lowest BCUT2D eigenvalue weighted by Gasteiger charge is -2.34. The molecular formula is C23H26N4OS. The third-order valence-corrected chi connectivity index (χ3v) is 6.18. The number of carbonyl (C=O) groups is 1. The number of hydrogen-bond acceptors (Lipinski definition) is 5. The number of hydrogen-bond donors (Lipinski definition) is 1. The predicted octanol–water partition coefficient (Wildman–Crippen LogP) is 4.46. The zero-order chi connectivity index (χ0) is 20.2. The second-order valence-corrected chi connectivity index (χ2v) is 8.36. The van der Waals surface area contributed by atoms with Crippen LogP contribution in [0.4, 0.5) is 10.8 Å². The van der Waals surface area contributed by atoms with Gasteiger partial charge in [0.1, 0.15) is 0 Å². The minimum absolute atomic E-state index is 0.124. The first-order chi connectivity index (χ1) is 14.1. The van der Waals surface area contributed by atoms with Crippen LogP contribution in [-0.4, -0.2) is 46.9 Å². The van der Waals surface area contributed by atoms with Gasteiger partial charge in [-0.05, 0) is 49.2 Å². The van der Waals surface area contributed by atoms with Crippen molar-refractivity contribution in [3.05, 3.63) is 76.3 Å². The molecule has 0 atom stereocenters. The fourth-order valence-corrected chi connectivity index (χ4v) is 4.20. The molecule has 1 fully saturated rings. The smallest absolute Gasteiger partial charge is 0.253 e. The van der Waals surface area contributed by atoms with Crippen molar-refractivity contribution in [3.8, 4) is 0 Å². The van der Waals surface area contributed by atoms with Gasteiger partial charge in [0.15, 0.2) is 5.13 Å². The first-order valence-electron chi connectivity index (χ1n) is 9.94. The number of piperazine rings is 1. The Hall–Kier alpha value is -2.70. The summed E-state index contributed by atoms with van der Waals surface area (Å²) in [5.41, 5.74) is 5.48. The highest BCUT2D eigenvalue weighted by Crippen LogP contribution is 2.23. The first kappa shape index (κ1) is 19.6. The summed E-state index contributed by atoms with van der Waals surface area (Å²) in [5.74, 6) is 0.124. The van der Waals surface area contributed by atoms with Crippen molar-refractivity contribution in [3.63, 3.8) is 0 Å². The van der Waals surface area contributed by atoms with Crippen LogP contribution in [0.1, 0.15) is 27.2 Å². The summed E-state index contributed by atoms with van der Waals surface area (Å²) in [7, 11) is 0. The zero-order valence-corrected chi connectivity index (χ0v) is 17.7. The Morgan fingerprint density at radius 3 is 2.52 bits per heavy atom. The van der Waals surface area contributed by atoms with Gasteiger partial charge in [0.05, 0.1) is 5.69 Å². The number of benzene rings is 2. The first-order valence-corrected chi connectivity index (χ1v) is 10.8. The molecule has 4 rings (SSSR count). The lowest BCUT2D eigenvalue weighted by atomic mass is 10.1. The molecule has 0 unspecified atom stereocenters. The summed E-state index contributed by atoms with van der Waals surface area (Å²) in [5, 5.41) is 6.44. The maximum Gasteiger partial charge on any atom is 0.253 e. The second-order valence-electron chi connectivity index (χ2n) is 7.50. The van der Waals surface area contributed by atoms with Gasteiger partial charge in [0, 0.05) is 49.4 Å². The van der Waals surface area contributed by atoms with Crippen molar-refractivity contribution in [1.29, 1.82) is 0 Å². The van der Waals surface area contributed by atoms with E-state index in [2.05, 4.69) is 47.6 Å². The fraction of sp³-hybridized carbons (Fsp3) is 0.304. The summed E-state index contributed by atoms with van der Waals surface area (Å²) in [6.45, 7) is 8.31. The molecule has 0 radical (unpaired) electrons. The van der Waals surface area contributed by atoms with Crippen LogP contribution in [0.2, 0.25) is 0 Å². The minimum Gasteiger partial charge on any atom is -0.336 e. The van der Waals surface area contributed by atoms with Crippen molar-refractivity contribution in [2.45, 2.75) is 20.4 Å². The average Bonchev–Trinajstić information content (AvgIpc) is 3.18. The molecule has 1 amide bonds. The molecule has 0 spiro atoms. The van der Waals surface area contributed by atoms with Crippen LogP contribution in [0, 0.1) is 13.8 Å². The molecule has 1 saturated heterocycles. The molecule has 1 aromatic heterocycles. The Kier molecular flexibility index (Phi) is 5.92. The summed E-state index contributed by atoms with van der Waals surface area (Å²) in [4.78, 5) is 21.6. The number of nitrogens with zero attached hydrogens (tertiary/aromatic N) is 3. The molecule has 5 nitrogen and oxygen atoms in total. The molecule has 0 aliphatic carbocycles. The molecule has 150 valence electrons. The average molecular weight is 407 g/mol. The molecule has 1 aliphatic heterocycles. The van der Waals surface area contributed by atoms with Gasteiger partial charge in [-0.15, -0.1) is 11.3 Å². The Morgan fingerprint density at radius 1 is 1.03 bits per heavy atom. The van der Waals surface area contributed by atoms with Gasteiger partial charge < -0.3 is 10.2 Å². The Bertz CT molecular complexity index is 978. The highest BCUT2D eigenvalue weighted by Gasteiger charge is 2.22. The molecule has 1 aliphatic rings. The van der Waals surface area contributed by atoms with Crippen LogP contribution in [0.5, 0.6) is 0 Å². The van der Waals surface area contributed by atoms with E-state index >= 15 is 0 Å². The Balaban J connectivity index is 1.30. The number of amides is 1. The fourth-order valence-electron chi connectivity index (χ4n) is 3.48. The molecule has 6 heteroatoms. The van der Waals surface area contributed by atoms with E-state index in [1.807, 2.05) is 35.2 Å². The normalized spacial score (nSPS) is 14.8. The third-order valence-electron chi connectivity index (χ3n) is 5.38. The molecule has 1 N–H and O–H groups in total. The number of nitrogens with one attached hydrogen (secondary N) is 1. The van der Waals surface area contributed by atoms with Gasteiger partial charge in [-0.3, -0.25) is 9.69 Å². The number of thiazole rings is 1. The van der Waals surface area contributed by atoms with Crippen molar-refractivity contribution >= 4 is 28.1 Å². The highest BCUT2D eigenvalue weighted by molar-refractivity contribution is 7.13. The highest BCUT2D eigenvalue weighted by atomic mass is 32.1. The van der Waals surface area contributed by atoms with Crippen LogP contribution >= 0.6 is 11.3 Å². The maximum absolute atomic E-state index is 12.6. The van der Waals surface area contributed by atoms with Gasteiger partial charge in [-0.2, -0.15) is 0 Å². The van der Waals surface area contributed by atoms with E-state index in [0.717, 1.165) is 54.8 Å². The van der Waals surface area contributed by atoms with Crippen LogP contribution in [-0.2, 0) is 6.54 Å². The summed E-state index contributed by atoms with van der Waals surface area (Å²) >= 11 is 1.63. The van der Waals surface area contributed by atoms with Crippen LogP contribution in [0.15, 0.2) is 53.9 Å². The van der Waals surface area contributed by atoms with Gasteiger partial charge in [0.2, 0.25) is 0 Å². The van der Waals surface area contributed by atoms with E-state index in [1.54, 1.807) is 11.3 Å². The molecule has 29 heavy (non-hydrogen) atoms. The van der Waals surface area contributed by atoms with Crippen molar-refractivity contribution < 1.29 is 4.79 Å². The van der Waals surface area contributed by atoms with Crippen LogP contribution in [0.3, 0.4) is 0 Å². The van der Waals surface area contributed by atoms with E-state index in [0.29, 0.717) is 0 Å². The predicted molar refractivity (Wildman–Crippen MR) is 119 cm³/mol. The summed E-state index contributed by atoms with van der Waals surface area (Å²) in [6.07, 6.45) is 0. The number of aromatic nitrogens is 1. The van der Waals surface area contributed by atoms with Gasteiger partial charge >= 0.3 is 0 Å². The lowest BCUT2D eigenvalue weighted by Crippen LogP contribution is -2.48. The number of carbonyl (C=O) groups excluding carboxylic acids is 1.